The van der Waals surface area contributed by atoms with Gasteiger partial charge in [0.1, 0.15) is 5.69 Å². The minimum Gasteiger partial charge on any atom is -0.288 e. The zero-order valence-electron chi connectivity index (χ0n) is 8.20. The molecule has 0 aliphatic carbocycles. The van der Waals surface area contributed by atoms with Gasteiger partial charge < -0.3 is 0 Å². The van der Waals surface area contributed by atoms with Gasteiger partial charge in [-0.25, -0.2) is 4.98 Å². The minimum absolute atomic E-state index is 0.0937. The van der Waals surface area contributed by atoms with Crippen molar-refractivity contribution >= 4 is 16.9 Å². The van der Waals surface area contributed by atoms with Crippen molar-refractivity contribution in [1.29, 1.82) is 0 Å². The molecule has 0 N–H and O–H groups in total. The number of hydrogen-bond acceptors (Lipinski definition) is 3. The minimum atomic E-state index is 0.0937. The van der Waals surface area contributed by atoms with Crippen molar-refractivity contribution < 1.29 is 4.79 Å². The van der Waals surface area contributed by atoms with Gasteiger partial charge >= 0.3 is 0 Å². The summed E-state index contributed by atoms with van der Waals surface area (Å²) in [6, 6.07) is 3.84. The zero-order chi connectivity index (χ0) is 10.4. The third kappa shape index (κ3) is 4.11. The number of carbonyl (C=O) groups is 1. The Kier molecular flexibility index (Phi) is 4.21. The molecule has 1 aromatic heterocycles. The summed E-state index contributed by atoms with van der Waals surface area (Å²) in [5.74, 6) is 6.31. The molecule has 0 aliphatic heterocycles. The van der Waals surface area contributed by atoms with Crippen molar-refractivity contribution in [3.63, 3.8) is 0 Å². The molecule has 0 saturated heterocycles. The first-order valence-electron chi connectivity index (χ1n) is 4.23. The number of aromatic nitrogens is 1. The van der Waals surface area contributed by atoms with Crippen molar-refractivity contribution in [2.45, 2.75) is 13.8 Å². The molecular formula is C11H11NOS. The van der Waals surface area contributed by atoms with Crippen LogP contribution in [0.15, 0.2) is 18.3 Å². The molecule has 0 aliphatic rings. The Labute approximate surface area is 88.1 Å². The maximum Gasteiger partial charge on any atom is 0.186 e. The predicted octanol–water partition coefficient (Wildman–Crippen LogP) is 2.02. The number of thioether (sulfide) groups is 1. The maximum absolute atomic E-state index is 10.6. The van der Waals surface area contributed by atoms with Gasteiger partial charge in [0.2, 0.25) is 0 Å². The van der Waals surface area contributed by atoms with Gasteiger partial charge in [-0.15, -0.1) is 0 Å². The molecule has 0 unspecified atom stereocenters. The highest BCUT2D eigenvalue weighted by molar-refractivity contribution is 8.13. The number of pyridine rings is 1. The lowest BCUT2D eigenvalue weighted by Gasteiger charge is -1.90. The fraction of sp³-hybridized carbons (Fsp3) is 0.273. The van der Waals surface area contributed by atoms with Crippen LogP contribution in [0.3, 0.4) is 0 Å². The Morgan fingerprint density at radius 1 is 1.57 bits per heavy atom. The molecule has 2 nitrogen and oxygen atoms in total. The van der Waals surface area contributed by atoms with Crippen LogP contribution in [0.2, 0.25) is 0 Å². The van der Waals surface area contributed by atoms with Crippen LogP contribution in [0.1, 0.15) is 18.2 Å². The molecular weight excluding hydrogens is 194 g/mol. The van der Waals surface area contributed by atoms with Crippen molar-refractivity contribution in [2.75, 3.05) is 5.75 Å². The Balaban J connectivity index is 2.51. The Morgan fingerprint density at radius 3 is 2.93 bits per heavy atom. The maximum atomic E-state index is 10.6. The summed E-state index contributed by atoms with van der Waals surface area (Å²) in [7, 11) is 0. The first-order chi connectivity index (χ1) is 6.68. The van der Waals surface area contributed by atoms with Crippen LogP contribution in [0.5, 0.6) is 0 Å². The smallest absolute Gasteiger partial charge is 0.186 e. The van der Waals surface area contributed by atoms with Crippen LogP contribution < -0.4 is 0 Å². The van der Waals surface area contributed by atoms with E-state index in [0.717, 1.165) is 11.3 Å². The fourth-order valence-electron chi connectivity index (χ4n) is 0.806. The standard InChI is InChI=1S/C11H11NOS/c1-9-5-6-11(12-8-9)4-3-7-14-10(2)13/h5-6,8H,7H2,1-2H3. The molecule has 72 valence electrons. The number of nitrogens with zero attached hydrogens (tertiary/aromatic N) is 1. The van der Waals surface area contributed by atoms with E-state index in [-0.39, 0.29) is 5.12 Å². The molecule has 0 aromatic carbocycles. The average Bonchev–Trinajstić information content (AvgIpc) is 2.15. The first-order valence-corrected chi connectivity index (χ1v) is 5.22. The molecule has 0 spiro atoms. The molecule has 14 heavy (non-hydrogen) atoms. The van der Waals surface area contributed by atoms with E-state index in [1.807, 2.05) is 19.1 Å². The van der Waals surface area contributed by atoms with E-state index in [1.165, 1.54) is 18.7 Å². The van der Waals surface area contributed by atoms with Crippen LogP contribution in [0.4, 0.5) is 0 Å². The topological polar surface area (TPSA) is 30.0 Å². The van der Waals surface area contributed by atoms with Gasteiger partial charge in [0.15, 0.2) is 5.12 Å². The van der Waals surface area contributed by atoms with Gasteiger partial charge in [0.25, 0.3) is 0 Å². The normalized spacial score (nSPS) is 9.00. The molecule has 1 aromatic rings. The second-order valence-electron chi connectivity index (χ2n) is 2.80. The Morgan fingerprint density at radius 2 is 2.36 bits per heavy atom. The lowest BCUT2D eigenvalue weighted by molar-refractivity contribution is -0.109. The van der Waals surface area contributed by atoms with E-state index < -0.39 is 0 Å². The SMILES string of the molecule is CC(=O)SCC#Cc1ccc(C)cn1. The molecule has 1 heterocycles. The summed E-state index contributed by atoms with van der Waals surface area (Å²) in [5, 5.41) is 0.0937. The van der Waals surface area contributed by atoms with E-state index in [4.69, 9.17) is 0 Å². The largest absolute Gasteiger partial charge is 0.288 e. The first kappa shape index (κ1) is 10.8. The third-order valence-corrected chi connectivity index (χ3v) is 2.17. The summed E-state index contributed by atoms with van der Waals surface area (Å²) in [6.45, 7) is 3.52. The van der Waals surface area contributed by atoms with E-state index in [2.05, 4.69) is 16.8 Å². The van der Waals surface area contributed by atoms with Crippen molar-refractivity contribution in [1.82, 2.24) is 4.98 Å². The Bertz CT molecular complexity index is 373. The molecule has 0 saturated carbocycles. The number of carbonyl (C=O) groups excluding carboxylic acids is 1. The fourth-order valence-corrected chi connectivity index (χ4v) is 1.15. The van der Waals surface area contributed by atoms with Crippen LogP contribution in [-0.2, 0) is 4.79 Å². The lowest BCUT2D eigenvalue weighted by atomic mass is 10.3. The molecule has 3 heteroatoms. The van der Waals surface area contributed by atoms with Crippen LogP contribution in [0, 0.1) is 18.8 Å². The van der Waals surface area contributed by atoms with Crippen LogP contribution in [-0.4, -0.2) is 15.9 Å². The van der Waals surface area contributed by atoms with Crippen molar-refractivity contribution in [2.24, 2.45) is 0 Å². The van der Waals surface area contributed by atoms with E-state index in [9.17, 15) is 4.79 Å². The van der Waals surface area contributed by atoms with E-state index >= 15 is 0 Å². The number of hydrogen-bond donors (Lipinski definition) is 0. The second kappa shape index (κ2) is 5.46. The molecule has 1 rings (SSSR count). The second-order valence-corrected chi connectivity index (χ2v) is 3.96. The molecule has 0 amide bonds. The quantitative estimate of drug-likeness (QED) is 0.657. The highest BCUT2D eigenvalue weighted by atomic mass is 32.2. The molecule has 0 bridgehead atoms. The van der Waals surface area contributed by atoms with E-state index in [1.54, 1.807) is 6.20 Å². The monoisotopic (exact) mass is 205 g/mol. The predicted molar refractivity (Wildman–Crippen MR) is 59.0 cm³/mol. The number of rotatable bonds is 1. The average molecular weight is 205 g/mol. The Hall–Kier alpha value is -1.27. The van der Waals surface area contributed by atoms with Gasteiger partial charge in [0.05, 0.1) is 5.75 Å². The summed E-state index contributed by atoms with van der Waals surface area (Å²) in [5.41, 5.74) is 1.87. The highest BCUT2D eigenvalue weighted by Crippen LogP contribution is 1.99. The zero-order valence-corrected chi connectivity index (χ0v) is 9.02. The lowest BCUT2D eigenvalue weighted by Crippen LogP contribution is -1.84. The van der Waals surface area contributed by atoms with E-state index in [0.29, 0.717) is 5.75 Å². The van der Waals surface area contributed by atoms with Crippen molar-refractivity contribution in [3.05, 3.63) is 29.6 Å². The molecule has 0 radical (unpaired) electrons. The van der Waals surface area contributed by atoms with Gasteiger partial charge in [-0.2, -0.15) is 0 Å². The van der Waals surface area contributed by atoms with Crippen molar-refractivity contribution in [3.8, 4) is 11.8 Å². The van der Waals surface area contributed by atoms with Crippen LogP contribution in [0.25, 0.3) is 0 Å². The molecule has 0 fully saturated rings. The summed E-state index contributed by atoms with van der Waals surface area (Å²) in [6.07, 6.45) is 1.78. The molecule has 0 atom stereocenters. The van der Waals surface area contributed by atoms with Gasteiger partial charge in [0, 0.05) is 13.1 Å². The summed E-state index contributed by atoms with van der Waals surface area (Å²) in [4.78, 5) is 14.7. The van der Waals surface area contributed by atoms with Gasteiger partial charge in [-0.3, -0.25) is 4.79 Å². The highest BCUT2D eigenvalue weighted by Gasteiger charge is 1.89. The van der Waals surface area contributed by atoms with Gasteiger partial charge in [-0.05, 0) is 24.5 Å². The third-order valence-electron chi connectivity index (χ3n) is 1.48. The summed E-state index contributed by atoms with van der Waals surface area (Å²) < 4.78 is 0. The van der Waals surface area contributed by atoms with Gasteiger partial charge in [-0.1, -0.05) is 23.7 Å². The van der Waals surface area contributed by atoms with Crippen LogP contribution >= 0.6 is 11.8 Å². The summed E-state index contributed by atoms with van der Waals surface area (Å²) >= 11 is 1.21. The number of aryl methyl sites for hydroxylation is 1.